The Balaban J connectivity index is 1.88. The standard InChI is InChI=1S/C21H25N3O4/c1-14-20(26)22-17-12-15(8-9-18(17)23(14)2)21(27)24(10-11-25)13-16-6-4-5-7-19(16)28-3/h4-9,12,14,25H,10-11,13H2,1-3H3,(H,22,26). The zero-order chi connectivity index (χ0) is 20.3. The van der Waals surface area contributed by atoms with Gasteiger partial charge in [-0.3, -0.25) is 9.59 Å². The molecule has 0 radical (unpaired) electrons. The summed E-state index contributed by atoms with van der Waals surface area (Å²) in [5.41, 5.74) is 2.77. The maximum Gasteiger partial charge on any atom is 0.254 e. The van der Waals surface area contributed by atoms with E-state index >= 15 is 0 Å². The highest BCUT2D eigenvalue weighted by Crippen LogP contribution is 2.32. The predicted molar refractivity (Wildman–Crippen MR) is 108 cm³/mol. The van der Waals surface area contributed by atoms with Crippen LogP contribution in [0.5, 0.6) is 5.75 Å². The molecule has 28 heavy (non-hydrogen) atoms. The number of fused-ring (bicyclic) bond motifs is 1. The molecule has 2 aromatic rings. The van der Waals surface area contributed by atoms with E-state index in [-0.39, 0.29) is 31.0 Å². The second-order valence-electron chi connectivity index (χ2n) is 6.77. The van der Waals surface area contributed by atoms with Crippen LogP contribution in [0, 0.1) is 0 Å². The number of likely N-dealkylation sites (N-methyl/N-ethyl adjacent to an activating group) is 1. The van der Waals surface area contributed by atoms with E-state index in [1.165, 1.54) is 0 Å². The van der Waals surface area contributed by atoms with Crippen molar-refractivity contribution in [2.24, 2.45) is 0 Å². The summed E-state index contributed by atoms with van der Waals surface area (Å²) in [4.78, 5) is 28.6. The van der Waals surface area contributed by atoms with E-state index in [0.29, 0.717) is 23.5 Å². The Morgan fingerprint density at radius 2 is 2.04 bits per heavy atom. The highest BCUT2D eigenvalue weighted by Gasteiger charge is 2.28. The smallest absolute Gasteiger partial charge is 0.254 e. The summed E-state index contributed by atoms with van der Waals surface area (Å²) in [7, 11) is 3.43. The number of para-hydroxylation sites is 1. The minimum atomic E-state index is -0.273. The van der Waals surface area contributed by atoms with Crippen molar-refractivity contribution < 1.29 is 19.4 Å². The second kappa shape index (κ2) is 8.31. The molecule has 7 nitrogen and oxygen atoms in total. The van der Waals surface area contributed by atoms with Crippen LogP contribution < -0.4 is 15.0 Å². The lowest BCUT2D eigenvalue weighted by atomic mass is 10.1. The first-order valence-electron chi connectivity index (χ1n) is 9.16. The third-order valence-corrected chi connectivity index (χ3v) is 5.05. The first-order chi connectivity index (χ1) is 13.5. The lowest BCUT2D eigenvalue weighted by Gasteiger charge is -2.33. The molecule has 148 valence electrons. The van der Waals surface area contributed by atoms with Crippen LogP contribution in [0.25, 0.3) is 0 Å². The molecule has 0 spiro atoms. The van der Waals surface area contributed by atoms with E-state index < -0.39 is 0 Å². The number of amides is 2. The largest absolute Gasteiger partial charge is 0.496 e. The first-order valence-corrected chi connectivity index (χ1v) is 9.16. The molecule has 0 aliphatic carbocycles. The van der Waals surface area contributed by atoms with Crippen LogP contribution in [0.4, 0.5) is 11.4 Å². The van der Waals surface area contributed by atoms with Gasteiger partial charge in [0.15, 0.2) is 0 Å². The second-order valence-corrected chi connectivity index (χ2v) is 6.77. The van der Waals surface area contributed by atoms with Crippen LogP contribution in [0.1, 0.15) is 22.8 Å². The fraction of sp³-hybridized carbons (Fsp3) is 0.333. The van der Waals surface area contributed by atoms with Gasteiger partial charge in [0.05, 0.1) is 25.1 Å². The Morgan fingerprint density at radius 3 is 2.75 bits per heavy atom. The van der Waals surface area contributed by atoms with Gasteiger partial charge in [-0.2, -0.15) is 0 Å². The number of nitrogens with one attached hydrogen (secondary N) is 1. The van der Waals surface area contributed by atoms with Crippen molar-refractivity contribution >= 4 is 23.2 Å². The van der Waals surface area contributed by atoms with E-state index in [0.717, 1.165) is 11.3 Å². The molecule has 1 heterocycles. The predicted octanol–water partition coefficient (Wildman–Crippen LogP) is 2.11. The number of carbonyl (C=O) groups excluding carboxylic acids is 2. The van der Waals surface area contributed by atoms with Crippen molar-refractivity contribution in [2.45, 2.75) is 19.5 Å². The summed E-state index contributed by atoms with van der Waals surface area (Å²) < 4.78 is 5.36. The number of rotatable bonds is 6. The van der Waals surface area contributed by atoms with Crippen LogP contribution in [-0.4, -0.2) is 55.2 Å². The zero-order valence-corrected chi connectivity index (χ0v) is 16.3. The summed E-state index contributed by atoms with van der Waals surface area (Å²) in [6, 6.07) is 12.5. The molecule has 0 saturated heterocycles. The minimum absolute atomic E-state index is 0.110. The molecular formula is C21H25N3O4. The lowest BCUT2D eigenvalue weighted by Crippen LogP contribution is -2.44. The molecule has 0 fully saturated rings. The molecule has 1 atom stereocenters. The third-order valence-electron chi connectivity index (χ3n) is 5.05. The van der Waals surface area contributed by atoms with Gasteiger partial charge in [0, 0.05) is 31.3 Å². The number of aliphatic hydroxyl groups is 1. The van der Waals surface area contributed by atoms with Gasteiger partial charge in [0.25, 0.3) is 5.91 Å². The minimum Gasteiger partial charge on any atom is -0.496 e. The van der Waals surface area contributed by atoms with Crippen molar-refractivity contribution in [3.8, 4) is 5.75 Å². The van der Waals surface area contributed by atoms with Gasteiger partial charge in [0.2, 0.25) is 5.91 Å². The van der Waals surface area contributed by atoms with E-state index in [1.54, 1.807) is 24.1 Å². The van der Waals surface area contributed by atoms with Crippen LogP contribution in [-0.2, 0) is 11.3 Å². The van der Waals surface area contributed by atoms with Crippen LogP contribution in [0.3, 0.4) is 0 Å². The number of benzene rings is 2. The maximum absolute atomic E-state index is 13.1. The number of ether oxygens (including phenoxy) is 1. The first kappa shape index (κ1) is 19.7. The van der Waals surface area contributed by atoms with E-state index in [2.05, 4.69) is 5.32 Å². The third kappa shape index (κ3) is 3.80. The number of anilines is 2. The van der Waals surface area contributed by atoms with Crippen molar-refractivity contribution in [3.05, 3.63) is 53.6 Å². The lowest BCUT2D eigenvalue weighted by molar-refractivity contribution is -0.117. The fourth-order valence-corrected chi connectivity index (χ4v) is 3.29. The van der Waals surface area contributed by atoms with Crippen molar-refractivity contribution in [3.63, 3.8) is 0 Å². The highest BCUT2D eigenvalue weighted by atomic mass is 16.5. The van der Waals surface area contributed by atoms with Crippen LogP contribution >= 0.6 is 0 Å². The van der Waals surface area contributed by atoms with Gasteiger partial charge in [-0.25, -0.2) is 0 Å². The number of carbonyl (C=O) groups is 2. The molecular weight excluding hydrogens is 358 g/mol. The Bertz CT molecular complexity index is 884. The average molecular weight is 383 g/mol. The van der Waals surface area contributed by atoms with Crippen molar-refractivity contribution in [2.75, 3.05) is 37.5 Å². The van der Waals surface area contributed by atoms with Gasteiger partial charge >= 0.3 is 0 Å². The van der Waals surface area contributed by atoms with Crippen LogP contribution in [0.2, 0.25) is 0 Å². The highest BCUT2D eigenvalue weighted by molar-refractivity contribution is 6.05. The van der Waals surface area contributed by atoms with Gasteiger partial charge in [-0.15, -0.1) is 0 Å². The SMILES string of the molecule is COc1ccccc1CN(CCO)C(=O)c1ccc2c(c1)NC(=O)C(C)N2C. The fourth-order valence-electron chi connectivity index (χ4n) is 3.29. The summed E-state index contributed by atoms with van der Waals surface area (Å²) in [6.07, 6.45) is 0. The molecule has 1 unspecified atom stereocenters. The van der Waals surface area contributed by atoms with Gasteiger partial charge in [-0.05, 0) is 31.2 Å². The van der Waals surface area contributed by atoms with Gasteiger partial charge < -0.3 is 25.0 Å². The molecule has 3 rings (SSSR count). The quantitative estimate of drug-likeness (QED) is 0.798. The summed E-state index contributed by atoms with van der Waals surface area (Å²) in [6.45, 7) is 2.18. The molecule has 2 aromatic carbocycles. The molecule has 2 amide bonds. The molecule has 0 bridgehead atoms. The van der Waals surface area contributed by atoms with Crippen molar-refractivity contribution in [1.82, 2.24) is 4.90 Å². The van der Waals surface area contributed by atoms with E-state index in [1.807, 2.05) is 49.2 Å². The molecule has 0 aromatic heterocycles. The molecule has 7 heteroatoms. The Morgan fingerprint density at radius 1 is 1.29 bits per heavy atom. The zero-order valence-electron chi connectivity index (χ0n) is 16.3. The monoisotopic (exact) mass is 383 g/mol. The molecule has 1 aliphatic heterocycles. The molecule has 2 N–H and O–H groups in total. The summed E-state index contributed by atoms with van der Waals surface area (Å²) in [5, 5.41) is 12.3. The Hall–Kier alpha value is -3.06. The maximum atomic E-state index is 13.1. The Kier molecular flexibility index (Phi) is 5.84. The normalized spacial score (nSPS) is 15.6. The Labute approximate surface area is 164 Å². The summed E-state index contributed by atoms with van der Waals surface area (Å²) >= 11 is 0. The average Bonchev–Trinajstić information content (AvgIpc) is 2.71. The topological polar surface area (TPSA) is 82.1 Å². The molecule has 1 aliphatic rings. The number of aliphatic hydroxyl groups excluding tert-OH is 1. The number of hydrogen-bond acceptors (Lipinski definition) is 5. The number of hydrogen-bond donors (Lipinski definition) is 2. The van der Waals surface area contributed by atoms with Gasteiger partial charge in [-0.1, -0.05) is 18.2 Å². The van der Waals surface area contributed by atoms with E-state index in [4.69, 9.17) is 4.74 Å². The van der Waals surface area contributed by atoms with Crippen LogP contribution in [0.15, 0.2) is 42.5 Å². The van der Waals surface area contributed by atoms with Gasteiger partial charge in [0.1, 0.15) is 11.8 Å². The van der Waals surface area contributed by atoms with Crippen molar-refractivity contribution in [1.29, 1.82) is 0 Å². The number of methoxy groups -OCH3 is 1. The van der Waals surface area contributed by atoms with E-state index in [9.17, 15) is 14.7 Å². The molecule has 0 saturated carbocycles. The number of nitrogens with zero attached hydrogens (tertiary/aromatic N) is 2. The summed E-state index contributed by atoms with van der Waals surface area (Å²) in [5.74, 6) is 0.352.